The molecule has 0 fully saturated rings. The summed E-state index contributed by atoms with van der Waals surface area (Å²) in [5, 5.41) is 3.40. The number of rotatable bonds is 4. The normalized spacial score (nSPS) is 10.6. The molecule has 0 bridgehead atoms. The first-order valence-electron chi connectivity index (χ1n) is 7.26. The summed E-state index contributed by atoms with van der Waals surface area (Å²) in [6, 6.07) is 8.96. The van der Waals surface area contributed by atoms with E-state index in [1.807, 2.05) is 30.5 Å². The van der Waals surface area contributed by atoms with Crippen LogP contribution in [0.1, 0.15) is 32.2 Å². The lowest BCUT2D eigenvalue weighted by Gasteiger charge is -2.07. The lowest BCUT2D eigenvalue weighted by Crippen LogP contribution is -2.16. The molecule has 3 rings (SSSR count). The number of hydrogen-bond donors (Lipinski definition) is 2. The molecule has 122 valence electrons. The Morgan fingerprint density at radius 1 is 1.25 bits per heavy atom. The molecular weight excluding hydrogens is 308 g/mol. The van der Waals surface area contributed by atoms with Gasteiger partial charge in [0.05, 0.1) is 7.11 Å². The Kier molecular flexibility index (Phi) is 3.95. The van der Waals surface area contributed by atoms with Crippen molar-refractivity contribution in [2.24, 2.45) is 0 Å². The molecule has 0 aliphatic rings. The van der Waals surface area contributed by atoms with Gasteiger partial charge in [0.2, 0.25) is 0 Å². The monoisotopic (exact) mass is 324 g/mol. The Morgan fingerprint density at radius 2 is 2.04 bits per heavy atom. The van der Waals surface area contributed by atoms with Crippen molar-refractivity contribution in [3.63, 3.8) is 0 Å². The van der Waals surface area contributed by atoms with Crippen molar-refractivity contribution in [1.82, 2.24) is 10.3 Å². The van der Waals surface area contributed by atoms with E-state index in [4.69, 9.17) is 9.15 Å². The van der Waals surface area contributed by atoms with Crippen molar-refractivity contribution in [3.8, 4) is 0 Å². The second-order valence-corrected chi connectivity index (χ2v) is 5.15. The second kappa shape index (κ2) is 6.08. The molecule has 0 aliphatic heterocycles. The first-order valence-corrected chi connectivity index (χ1v) is 7.26. The van der Waals surface area contributed by atoms with Crippen LogP contribution in [0.25, 0.3) is 16.5 Å². The van der Waals surface area contributed by atoms with Gasteiger partial charge in [-0.2, -0.15) is 0 Å². The molecule has 3 aromatic rings. The number of furan rings is 1. The van der Waals surface area contributed by atoms with Crippen molar-refractivity contribution in [2.45, 2.75) is 0 Å². The fourth-order valence-electron chi connectivity index (χ4n) is 2.58. The van der Waals surface area contributed by atoms with Gasteiger partial charge in [0.15, 0.2) is 5.76 Å². The predicted octanol–water partition coefficient (Wildman–Crippen LogP) is 2.97. The van der Waals surface area contributed by atoms with E-state index in [1.54, 1.807) is 0 Å². The van der Waals surface area contributed by atoms with E-state index in [0.717, 1.165) is 16.5 Å². The van der Waals surface area contributed by atoms with Gasteiger partial charge in [-0.05, 0) is 17.7 Å². The summed E-state index contributed by atoms with van der Waals surface area (Å²) in [5.41, 5.74) is 2.40. The molecule has 2 heterocycles. The maximum Gasteiger partial charge on any atom is 0.341 e. The number of aromatic nitrogens is 1. The SMILES string of the molecule is C=C(c1oc(C(=O)NC)cc1C(=O)OC)c1cccc2[nH]ccc12. The van der Waals surface area contributed by atoms with Crippen molar-refractivity contribution >= 4 is 28.4 Å². The number of carbonyl (C=O) groups excluding carboxylic acids is 2. The molecule has 0 radical (unpaired) electrons. The minimum absolute atomic E-state index is 0.0234. The Hall–Kier alpha value is -3.28. The van der Waals surface area contributed by atoms with Gasteiger partial charge in [-0.25, -0.2) is 4.79 Å². The summed E-state index contributed by atoms with van der Waals surface area (Å²) in [4.78, 5) is 27.0. The molecule has 2 aromatic heterocycles. The molecule has 6 nitrogen and oxygen atoms in total. The third-order valence-electron chi connectivity index (χ3n) is 3.78. The summed E-state index contributed by atoms with van der Waals surface area (Å²) >= 11 is 0. The van der Waals surface area contributed by atoms with E-state index in [-0.39, 0.29) is 17.1 Å². The number of methoxy groups -OCH3 is 1. The largest absolute Gasteiger partial charge is 0.465 e. The minimum atomic E-state index is -0.591. The topological polar surface area (TPSA) is 84.3 Å². The second-order valence-electron chi connectivity index (χ2n) is 5.15. The molecule has 0 aliphatic carbocycles. The number of hydrogen-bond acceptors (Lipinski definition) is 4. The number of benzene rings is 1. The lowest BCUT2D eigenvalue weighted by molar-refractivity contribution is 0.0599. The van der Waals surface area contributed by atoms with E-state index in [2.05, 4.69) is 16.9 Å². The van der Waals surface area contributed by atoms with Crippen LogP contribution in [0.15, 0.2) is 47.5 Å². The highest BCUT2D eigenvalue weighted by atomic mass is 16.5. The van der Waals surface area contributed by atoms with Crippen LogP contribution in [0.4, 0.5) is 0 Å². The van der Waals surface area contributed by atoms with Gasteiger partial charge in [-0.3, -0.25) is 4.79 Å². The number of fused-ring (bicyclic) bond motifs is 1. The van der Waals surface area contributed by atoms with E-state index in [0.29, 0.717) is 5.57 Å². The van der Waals surface area contributed by atoms with E-state index in [1.165, 1.54) is 20.2 Å². The van der Waals surface area contributed by atoms with Gasteiger partial charge in [0.1, 0.15) is 11.3 Å². The molecule has 0 saturated carbocycles. The molecule has 1 amide bonds. The number of nitrogens with one attached hydrogen (secondary N) is 2. The van der Waals surface area contributed by atoms with E-state index in [9.17, 15) is 9.59 Å². The van der Waals surface area contributed by atoms with Crippen molar-refractivity contribution in [3.05, 3.63) is 65.8 Å². The van der Waals surface area contributed by atoms with E-state index < -0.39 is 11.9 Å². The number of aromatic amines is 1. The Morgan fingerprint density at radius 3 is 2.75 bits per heavy atom. The van der Waals surface area contributed by atoms with Gasteiger partial charge in [-0.15, -0.1) is 0 Å². The number of ether oxygens (including phenoxy) is 1. The number of carbonyl (C=O) groups is 2. The molecule has 1 aromatic carbocycles. The van der Waals surface area contributed by atoms with Crippen LogP contribution in [0, 0.1) is 0 Å². The number of esters is 1. The van der Waals surface area contributed by atoms with Crippen LogP contribution in [-0.2, 0) is 4.74 Å². The third-order valence-corrected chi connectivity index (χ3v) is 3.78. The fraction of sp³-hybridized carbons (Fsp3) is 0.111. The van der Waals surface area contributed by atoms with Crippen LogP contribution in [-0.4, -0.2) is 31.0 Å². The summed E-state index contributed by atoms with van der Waals surface area (Å²) < 4.78 is 10.4. The molecule has 0 spiro atoms. The van der Waals surface area contributed by atoms with Gasteiger partial charge >= 0.3 is 5.97 Å². The highest BCUT2D eigenvalue weighted by molar-refractivity contribution is 6.03. The van der Waals surface area contributed by atoms with Gasteiger partial charge in [-0.1, -0.05) is 18.7 Å². The van der Waals surface area contributed by atoms with Crippen LogP contribution in [0.2, 0.25) is 0 Å². The van der Waals surface area contributed by atoms with Crippen LogP contribution >= 0.6 is 0 Å². The quantitative estimate of drug-likeness (QED) is 0.723. The maximum atomic E-state index is 12.0. The molecule has 0 atom stereocenters. The zero-order valence-electron chi connectivity index (χ0n) is 13.3. The minimum Gasteiger partial charge on any atom is -0.465 e. The van der Waals surface area contributed by atoms with Crippen molar-refractivity contribution < 1.29 is 18.7 Å². The average molecular weight is 324 g/mol. The smallest absolute Gasteiger partial charge is 0.341 e. The lowest BCUT2D eigenvalue weighted by atomic mass is 9.99. The first-order chi connectivity index (χ1) is 11.6. The number of H-pyrrole nitrogens is 1. The van der Waals surface area contributed by atoms with Crippen LogP contribution in [0.5, 0.6) is 0 Å². The molecular formula is C18H16N2O4. The highest BCUT2D eigenvalue weighted by Gasteiger charge is 2.24. The van der Waals surface area contributed by atoms with Gasteiger partial charge in [0, 0.05) is 35.8 Å². The van der Waals surface area contributed by atoms with E-state index >= 15 is 0 Å². The first kappa shape index (κ1) is 15.6. The Bertz CT molecular complexity index is 949. The van der Waals surface area contributed by atoms with Crippen molar-refractivity contribution in [1.29, 1.82) is 0 Å². The summed E-state index contributed by atoms with van der Waals surface area (Å²) in [5.74, 6) is -0.783. The predicted molar refractivity (Wildman–Crippen MR) is 89.9 cm³/mol. The van der Waals surface area contributed by atoms with Gasteiger partial charge in [0.25, 0.3) is 5.91 Å². The number of amides is 1. The molecule has 0 unspecified atom stereocenters. The summed E-state index contributed by atoms with van der Waals surface area (Å²) in [6.45, 7) is 4.05. The fourth-order valence-corrected chi connectivity index (χ4v) is 2.58. The third kappa shape index (κ3) is 2.48. The summed E-state index contributed by atoms with van der Waals surface area (Å²) in [6.07, 6.45) is 1.82. The zero-order valence-corrected chi connectivity index (χ0v) is 13.3. The van der Waals surface area contributed by atoms with Crippen LogP contribution < -0.4 is 5.32 Å². The standard InChI is InChI=1S/C18H16N2O4/c1-10(11-5-4-6-14-12(11)7-8-20-14)16-13(18(22)23-3)9-15(24-16)17(21)19-2/h4-9,20H,1H2,2-3H3,(H,19,21). The van der Waals surface area contributed by atoms with Crippen molar-refractivity contribution in [2.75, 3.05) is 14.2 Å². The average Bonchev–Trinajstić information content (AvgIpc) is 3.26. The molecule has 0 saturated heterocycles. The Balaban J connectivity index is 2.15. The van der Waals surface area contributed by atoms with Crippen LogP contribution in [0.3, 0.4) is 0 Å². The molecule has 24 heavy (non-hydrogen) atoms. The molecule has 6 heteroatoms. The summed E-state index contributed by atoms with van der Waals surface area (Å²) in [7, 11) is 2.76. The molecule has 2 N–H and O–H groups in total. The highest BCUT2D eigenvalue weighted by Crippen LogP contribution is 2.32. The zero-order chi connectivity index (χ0) is 17.3. The van der Waals surface area contributed by atoms with Gasteiger partial charge < -0.3 is 19.5 Å². The Labute approximate surface area is 138 Å². The maximum absolute atomic E-state index is 12.0.